The third-order valence-corrected chi connectivity index (χ3v) is 3.26. The fourth-order valence-electron chi connectivity index (χ4n) is 1.50. The predicted molar refractivity (Wildman–Crippen MR) is 74.8 cm³/mol. The minimum Gasteiger partial charge on any atom is -0.347 e. The summed E-state index contributed by atoms with van der Waals surface area (Å²) in [6.45, 7) is 11.3. The van der Waals surface area contributed by atoms with Crippen LogP contribution in [-0.2, 0) is 5.41 Å². The molecule has 5 heteroatoms. The Morgan fingerprint density at radius 2 is 2.00 bits per heavy atom. The van der Waals surface area contributed by atoms with Crippen LogP contribution < -0.4 is 10.6 Å². The number of hydrogen-bond acceptors (Lipinski definition) is 5. The van der Waals surface area contributed by atoms with Gasteiger partial charge in [0.15, 0.2) is 0 Å². The SMILES string of the molecule is CCCN(CCCN)c1nc(C(C)(C)C)ns1. The standard InChI is InChI=1S/C12H24N4S/c1-5-8-16(9-6-7-13)11-14-10(15-17-11)12(2,3)4/h5-9,13H2,1-4H3. The Morgan fingerprint density at radius 3 is 2.47 bits per heavy atom. The van der Waals surface area contributed by atoms with Crippen LogP contribution in [0.5, 0.6) is 0 Å². The van der Waals surface area contributed by atoms with Crippen molar-refractivity contribution in [3.63, 3.8) is 0 Å². The molecule has 0 unspecified atom stereocenters. The normalized spacial score (nSPS) is 11.8. The molecule has 1 rings (SSSR count). The minimum atomic E-state index is 0.0283. The summed E-state index contributed by atoms with van der Waals surface area (Å²) < 4.78 is 4.46. The molecule has 0 aliphatic carbocycles. The maximum absolute atomic E-state index is 5.57. The van der Waals surface area contributed by atoms with E-state index in [-0.39, 0.29) is 5.41 Å². The molecule has 1 heterocycles. The van der Waals surface area contributed by atoms with E-state index in [1.165, 1.54) is 11.5 Å². The van der Waals surface area contributed by atoms with Crippen molar-refractivity contribution in [2.75, 3.05) is 24.5 Å². The number of rotatable bonds is 6. The lowest BCUT2D eigenvalue weighted by molar-refractivity contribution is 0.553. The Bertz CT molecular complexity index is 329. The van der Waals surface area contributed by atoms with E-state index in [9.17, 15) is 0 Å². The highest BCUT2D eigenvalue weighted by molar-refractivity contribution is 7.09. The smallest absolute Gasteiger partial charge is 0.205 e. The Morgan fingerprint density at radius 1 is 1.29 bits per heavy atom. The molecule has 0 saturated heterocycles. The highest BCUT2D eigenvalue weighted by atomic mass is 32.1. The van der Waals surface area contributed by atoms with Crippen molar-refractivity contribution < 1.29 is 0 Å². The van der Waals surface area contributed by atoms with Gasteiger partial charge in [0.25, 0.3) is 0 Å². The average molecular weight is 256 g/mol. The first-order valence-electron chi connectivity index (χ1n) is 6.28. The summed E-state index contributed by atoms with van der Waals surface area (Å²) in [4.78, 5) is 6.94. The van der Waals surface area contributed by atoms with E-state index in [2.05, 4.69) is 42.0 Å². The molecule has 2 N–H and O–H groups in total. The maximum Gasteiger partial charge on any atom is 0.205 e. The molecular formula is C12H24N4S. The van der Waals surface area contributed by atoms with Gasteiger partial charge in [-0.05, 0) is 19.4 Å². The summed E-state index contributed by atoms with van der Waals surface area (Å²) in [6, 6.07) is 0. The zero-order chi connectivity index (χ0) is 12.9. The second kappa shape index (κ2) is 6.31. The number of nitrogens with two attached hydrogens (primary N) is 1. The molecular weight excluding hydrogens is 232 g/mol. The Labute approximate surface area is 108 Å². The average Bonchev–Trinajstić information content (AvgIpc) is 2.72. The van der Waals surface area contributed by atoms with Crippen LogP contribution in [0, 0.1) is 0 Å². The van der Waals surface area contributed by atoms with Crippen LogP contribution in [-0.4, -0.2) is 29.0 Å². The van der Waals surface area contributed by atoms with E-state index < -0.39 is 0 Å². The van der Waals surface area contributed by atoms with Crippen molar-refractivity contribution in [3.05, 3.63) is 5.82 Å². The van der Waals surface area contributed by atoms with Crippen molar-refractivity contribution in [1.82, 2.24) is 9.36 Å². The molecule has 0 bridgehead atoms. The van der Waals surface area contributed by atoms with Crippen molar-refractivity contribution in [2.45, 2.75) is 46.0 Å². The molecule has 0 aliphatic heterocycles. The zero-order valence-electron chi connectivity index (χ0n) is 11.4. The highest BCUT2D eigenvalue weighted by Crippen LogP contribution is 2.25. The van der Waals surface area contributed by atoms with Gasteiger partial charge in [0.1, 0.15) is 5.82 Å². The van der Waals surface area contributed by atoms with Gasteiger partial charge in [0.05, 0.1) is 0 Å². The van der Waals surface area contributed by atoms with Crippen LogP contribution in [0.15, 0.2) is 0 Å². The van der Waals surface area contributed by atoms with E-state index in [0.29, 0.717) is 0 Å². The van der Waals surface area contributed by atoms with Gasteiger partial charge >= 0.3 is 0 Å². The largest absolute Gasteiger partial charge is 0.347 e. The van der Waals surface area contributed by atoms with Crippen LogP contribution in [0.1, 0.15) is 46.4 Å². The summed E-state index contributed by atoms with van der Waals surface area (Å²) in [5.74, 6) is 0.936. The second-order valence-electron chi connectivity index (χ2n) is 5.28. The topological polar surface area (TPSA) is 55.0 Å². The summed E-state index contributed by atoms with van der Waals surface area (Å²) >= 11 is 1.50. The quantitative estimate of drug-likeness (QED) is 0.849. The van der Waals surface area contributed by atoms with Gasteiger partial charge in [-0.2, -0.15) is 4.37 Å². The van der Waals surface area contributed by atoms with Crippen molar-refractivity contribution >= 4 is 16.7 Å². The first-order chi connectivity index (χ1) is 7.99. The molecule has 0 fully saturated rings. The van der Waals surface area contributed by atoms with Gasteiger partial charge in [-0.3, -0.25) is 0 Å². The third-order valence-electron chi connectivity index (χ3n) is 2.48. The van der Waals surface area contributed by atoms with Crippen LogP contribution in [0.3, 0.4) is 0 Å². The van der Waals surface area contributed by atoms with Gasteiger partial charge in [-0.25, -0.2) is 4.98 Å². The first kappa shape index (κ1) is 14.4. The summed E-state index contributed by atoms with van der Waals surface area (Å²) in [5, 5.41) is 1.03. The monoisotopic (exact) mass is 256 g/mol. The van der Waals surface area contributed by atoms with Gasteiger partial charge in [-0.15, -0.1) is 0 Å². The number of nitrogens with zero attached hydrogens (tertiary/aromatic N) is 3. The van der Waals surface area contributed by atoms with Crippen molar-refractivity contribution in [1.29, 1.82) is 0 Å². The van der Waals surface area contributed by atoms with Crippen molar-refractivity contribution in [3.8, 4) is 0 Å². The maximum atomic E-state index is 5.57. The molecule has 0 saturated carbocycles. The lowest BCUT2D eigenvalue weighted by Crippen LogP contribution is -2.27. The number of anilines is 1. The van der Waals surface area contributed by atoms with Crippen LogP contribution in [0.2, 0.25) is 0 Å². The van der Waals surface area contributed by atoms with E-state index in [1.807, 2.05) is 0 Å². The lowest BCUT2D eigenvalue weighted by Gasteiger charge is -2.20. The van der Waals surface area contributed by atoms with Crippen LogP contribution >= 0.6 is 11.5 Å². The summed E-state index contributed by atoms with van der Waals surface area (Å²) in [7, 11) is 0. The number of aromatic nitrogens is 2. The van der Waals surface area contributed by atoms with Crippen LogP contribution in [0.4, 0.5) is 5.13 Å². The summed E-state index contributed by atoms with van der Waals surface area (Å²) in [6.07, 6.45) is 2.12. The minimum absolute atomic E-state index is 0.0283. The van der Waals surface area contributed by atoms with Gasteiger partial charge in [0, 0.05) is 30.0 Å². The van der Waals surface area contributed by atoms with Gasteiger partial charge < -0.3 is 10.6 Å². The molecule has 1 aromatic rings. The molecule has 4 nitrogen and oxygen atoms in total. The summed E-state index contributed by atoms with van der Waals surface area (Å²) in [5.41, 5.74) is 5.59. The van der Waals surface area contributed by atoms with E-state index in [4.69, 9.17) is 5.73 Å². The molecule has 0 aromatic carbocycles. The Balaban J connectivity index is 2.76. The van der Waals surface area contributed by atoms with Gasteiger partial charge in [-0.1, -0.05) is 27.7 Å². The van der Waals surface area contributed by atoms with Crippen LogP contribution in [0.25, 0.3) is 0 Å². The second-order valence-corrected chi connectivity index (χ2v) is 6.01. The fraction of sp³-hybridized carbons (Fsp3) is 0.833. The fourth-order valence-corrected chi connectivity index (χ4v) is 2.41. The molecule has 98 valence electrons. The molecule has 0 atom stereocenters. The molecule has 1 aromatic heterocycles. The first-order valence-corrected chi connectivity index (χ1v) is 7.05. The molecule has 17 heavy (non-hydrogen) atoms. The van der Waals surface area contributed by atoms with Crippen molar-refractivity contribution in [2.24, 2.45) is 5.73 Å². The molecule has 0 amide bonds. The van der Waals surface area contributed by atoms with E-state index >= 15 is 0 Å². The molecule has 0 radical (unpaired) electrons. The zero-order valence-corrected chi connectivity index (χ0v) is 12.2. The third kappa shape index (κ3) is 4.24. The van der Waals surface area contributed by atoms with Gasteiger partial charge in [0.2, 0.25) is 5.13 Å². The molecule has 0 aliphatic rings. The van der Waals surface area contributed by atoms with E-state index in [0.717, 1.165) is 43.4 Å². The molecule has 0 spiro atoms. The van der Waals surface area contributed by atoms with E-state index in [1.54, 1.807) is 0 Å². The predicted octanol–water partition coefficient (Wildman–Crippen LogP) is 2.40. The number of hydrogen-bond donors (Lipinski definition) is 1. The lowest BCUT2D eigenvalue weighted by atomic mass is 9.96. The highest BCUT2D eigenvalue weighted by Gasteiger charge is 2.21. The Hall–Kier alpha value is -0.680. The Kier molecular flexibility index (Phi) is 5.33.